The lowest BCUT2D eigenvalue weighted by molar-refractivity contribution is -0.0510. The molecule has 7 atom stereocenters. The zero-order valence-corrected chi connectivity index (χ0v) is 21.8. The van der Waals surface area contributed by atoms with Crippen LogP contribution in [-0.4, -0.2) is 83.6 Å². The van der Waals surface area contributed by atoms with Crippen molar-refractivity contribution in [1.29, 1.82) is 0 Å². The molecule has 0 aliphatic carbocycles. The van der Waals surface area contributed by atoms with E-state index < -0.39 is 67.9 Å². The number of nitrogens with one attached hydrogen (secondary N) is 2. The molecular weight excluding hydrogens is 541 g/mol. The van der Waals surface area contributed by atoms with E-state index in [1.54, 1.807) is 0 Å². The lowest BCUT2D eigenvalue weighted by Crippen LogP contribution is -2.33. The maximum absolute atomic E-state index is 13.2. The Morgan fingerprint density at radius 1 is 1.15 bits per heavy atom. The van der Waals surface area contributed by atoms with Crippen LogP contribution in [0.15, 0.2) is 26.9 Å². The molecule has 0 spiro atoms. The fourth-order valence-corrected chi connectivity index (χ4v) is 5.81. The van der Waals surface area contributed by atoms with Gasteiger partial charge in [0, 0.05) is 31.3 Å². The van der Waals surface area contributed by atoms with Gasteiger partial charge in [-0.1, -0.05) is 0 Å². The van der Waals surface area contributed by atoms with Gasteiger partial charge in [-0.25, -0.2) is 9.78 Å². The number of imidazole rings is 1. The molecule has 1 unspecified atom stereocenters. The van der Waals surface area contributed by atoms with Crippen LogP contribution < -0.4 is 22.5 Å². The number of aliphatic hydroxyl groups excluding tert-OH is 2. The van der Waals surface area contributed by atoms with Gasteiger partial charge in [0.1, 0.15) is 24.7 Å². The molecule has 3 aromatic rings. The van der Waals surface area contributed by atoms with E-state index >= 15 is 0 Å². The maximum atomic E-state index is 13.2. The second-order valence-corrected chi connectivity index (χ2v) is 11.5. The summed E-state index contributed by atoms with van der Waals surface area (Å²) in [6.45, 7) is 1.99. The first kappa shape index (κ1) is 27.4. The summed E-state index contributed by atoms with van der Waals surface area (Å²) in [5, 5.41) is 20.3. The highest BCUT2D eigenvalue weighted by Gasteiger charge is 2.42. The normalized spacial score (nSPS) is 28.7. The zero-order valence-electron chi connectivity index (χ0n) is 20.9. The molecule has 3 aromatic heterocycles. The van der Waals surface area contributed by atoms with Crippen LogP contribution in [0.4, 0.5) is 5.95 Å². The largest absolute Gasteiger partial charge is 0.394 e. The standard InChI is InChI=1S/C21H28N7O10P/c1-9-5-27(21(33)26-18(9)31)14-3-10(30)13(37-14)7-35-39(2,34)38-11-4-15(36-12(11)6-29)28-8-23-16-17(28)24-20(22)25-19(16)32/h5,8,10-15,29-30H,3-4,6-7H2,1-2H3,(H,26,31,33)(H3,22,24,25,32)/t10-,11-,12+,13+,14+,15+,39?/m0/s1. The number of hydrogen-bond acceptors (Lipinski definition) is 13. The van der Waals surface area contributed by atoms with Crippen molar-refractivity contribution in [2.24, 2.45) is 0 Å². The number of aromatic amines is 2. The fourth-order valence-electron chi connectivity index (χ4n) is 4.62. The molecule has 0 bridgehead atoms. The Labute approximate surface area is 219 Å². The van der Waals surface area contributed by atoms with Crippen molar-refractivity contribution < 1.29 is 33.3 Å². The molecule has 17 nitrogen and oxygen atoms in total. The second-order valence-electron chi connectivity index (χ2n) is 9.44. The van der Waals surface area contributed by atoms with Gasteiger partial charge in [-0.15, -0.1) is 0 Å². The van der Waals surface area contributed by atoms with Crippen LogP contribution in [-0.2, 0) is 23.1 Å². The van der Waals surface area contributed by atoms with Crippen LogP contribution in [0.1, 0.15) is 30.9 Å². The Balaban J connectivity index is 1.23. The number of aromatic nitrogens is 6. The van der Waals surface area contributed by atoms with Gasteiger partial charge in [-0.2, -0.15) is 4.98 Å². The third kappa shape index (κ3) is 5.47. The first-order valence-electron chi connectivity index (χ1n) is 12.0. The van der Waals surface area contributed by atoms with Crippen LogP contribution in [0.5, 0.6) is 0 Å². The van der Waals surface area contributed by atoms with Crippen molar-refractivity contribution in [3.8, 4) is 0 Å². The average Bonchev–Trinajstić information content (AvgIpc) is 3.56. The van der Waals surface area contributed by atoms with E-state index in [1.165, 1.54) is 35.2 Å². The van der Waals surface area contributed by atoms with Gasteiger partial charge in [0.2, 0.25) is 5.95 Å². The highest BCUT2D eigenvalue weighted by Crippen LogP contribution is 2.49. The minimum atomic E-state index is -3.77. The Morgan fingerprint density at radius 2 is 1.87 bits per heavy atom. The number of nitrogens with two attached hydrogens (primary N) is 1. The Bertz CT molecular complexity index is 1600. The summed E-state index contributed by atoms with van der Waals surface area (Å²) in [7, 11) is -3.77. The maximum Gasteiger partial charge on any atom is 0.330 e. The molecular formula is C21H28N7O10P. The van der Waals surface area contributed by atoms with Crippen LogP contribution in [0.25, 0.3) is 11.2 Å². The monoisotopic (exact) mass is 569 g/mol. The molecule has 2 saturated heterocycles. The highest BCUT2D eigenvalue weighted by molar-refractivity contribution is 7.53. The molecule has 5 heterocycles. The predicted octanol–water partition coefficient (Wildman–Crippen LogP) is -1.29. The van der Waals surface area contributed by atoms with E-state index in [2.05, 4.69) is 19.9 Å². The molecule has 0 amide bonds. The van der Waals surface area contributed by atoms with Crippen LogP contribution in [0, 0.1) is 6.92 Å². The van der Waals surface area contributed by atoms with Crippen LogP contribution in [0.2, 0.25) is 0 Å². The van der Waals surface area contributed by atoms with Gasteiger partial charge in [-0.05, 0) is 6.92 Å². The number of H-pyrrole nitrogens is 2. The van der Waals surface area contributed by atoms with Crippen molar-refractivity contribution in [3.63, 3.8) is 0 Å². The Kier molecular flexibility index (Phi) is 7.32. The lowest BCUT2D eigenvalue weighted by atomic mass is 10.2. The third-order valence-corrected chi connectivity index (χ3v) is 7.85. The predicted molar refractivity (Wildman–Crippen MR) is 133 cm³/mol. The van der Waals surface area contributed by atoms with E-state index in [0.717, 1.165) is 0 Å². The highest BCUT2D eigenvalue weighted by atomic mass is 31.2. The van der Waals surface area contributed by atoms with Crippen molar-refractivity contribution in [2.75, 3.05) is 25.6 Å². The number of hydrogen-bond donors (Lipinski definition) is 5. The van der Waals surface area contributed by atoms with E-state index in [4.69, 9.17) is 24.3 Å². The topological polar surface area (TPSA) is 239 Å². The van der Waals surface area contributed by atoms with Gasteiger partial charge < -0.3 is 34.5 Å². The summed E-state index contributed by atoms with van der Waals surface area (Å²) in [5.74, 6) is -0.107. The summed E-state index contributed by atoms with van der Waals surface area (Å²) in [4.78, 5) is 48.5. The van der Waals surface area contributed by atoms with Gasteiger partial charge in [-0.3, -0.25) is 33.3 Å². The number of aryl methyl sites for hydroxylation is 1. The van der Waals surface area contributed by atoms with Gasteiger partial charge >= 0.3 is 13.3 Å². The molecule has 2 aliphatic rings. The molecule has 0 saturated carbocycles. The number of fused-ring (bicyclic) bond motifs is 1. The molecule has 5 rings (SSSR count). The molecule has 39 heavy (non-hydrogen) atoms. The summed E-state index contributed by atoms with van der Waals surface area (Å²) >= 11 is 0. The van der Waals surface area contributed by atoms with Crippen molar-refractivity contribution in [2.45, 2.75) is 56.6 Å². The first-order valence-corrected chi connectivity index (χ1v) is 14.0. The molecule has 6 N–H and O–H groups in total. The molecule has 2 aliphatic heterocycles. The summed E-state index contributed by atoms with van der Waals surface area (Å²) < 4.78 is 38.6. The quantitative estimate of drug-likeness (QED) is 0.199. The molecule has 212 valence electrons. The van der Waals surface area contributed by atoms with E-state index in [1.807, 2.05) is 0 Å². The lowest BCUT2D eigenvalue weighted by Gasteiger charge is -2.23. The van der Waals surface area contributed by atoms with E-state index in [-0.39, 0.29) is 36.6 Å². The number of ether oxygens (including phenoxy) is 2. The number of anilines is 1. The summed E-state index contributed by atoms with van der Waals surface area (Å²) in [6, 6.07) is 0. The number of aliphatic hydroxyl groups is 2. The zero-order chi connectivity index (χ0) is 28.1. The smallest absolute Gasteiger partial charge is 0.330 e. The molecule has 2 fully saturated rings. The van der Waals surface area contributed by atoms with E-state index in [0.29, 0.717) is 5.56 Å². The number of rotatable bonds is 8. The van der Waals surface area contributed by atoms with Gasteiger partial charge in [0.25, 0.3) is 11.1 Å². The number of nitrogens with zero attached hydrogens (tertiary/aromatic N) is 4. The molecule has 0 radical (unpaired) electrons. The van der Waals surface area contributed by atoms with E-state index in [9.17, 15) is 29.2 Å². The van der Waals surface area contributed by atoms with Crippen molar-refractivity contribution in [3.05, 3.63) is 49.3 Å². The molecule has 0 aromatic carbocycles. The average molecular weight is 569 g/mol. The second kappa shape index (κ2) is 10.4. The first-order chi connectivity index (χ1) is 18.5. The molecule has 18 heteroatoms. The Hall–Kier alpha value is -3.18. The SMILES string of the molecule is Cc1cn([C@H]2C[C@H](O)[C@@H](COP(C)(=O)O[C@H]3C[C@H](n4cnc5c(=O)[nH]c(N)nc54)O[C@@H]3CO)O2)c(=O)[nH]c1=O. The fraction of sp³-hybridized carbons (Fsp3) is 0.571. The Morgan fingerprint density at radius 3 is 2.62 bits per heavy atom. The minimum absolute atomic E-state index is 0.0409. The van der Waals surface area contributed by atoms with Crippen LogP contribution >= 0.6 is 7.60 Å². The van der Waals surface area contributed by atoms with Crippen LogP contribution in [0.3, 0.4) is 0 Å². The third-order valence-electron chi connectivity index (χ3n) is 6.58. The summed E-state index contributed by atoms with van der Waals surface area (Å²) in [5.41, 5.74) is 4.44. The van der Waals surface area contributed by atoms with Gasteiger partial charge in [0.15, 0.2) is 11.2 Å². The van der Waals surface area contributed by atoms with Gasteiger partial charge in [0.05, 0.1) is 31.7 Å². The van der Waals surface area contributed by atoms with Crippen molar-refractivity contribution >= 4 is 24.7 Å². The van der Waals surface area contributed by atoms with Crippen molar-refractivity contribution in [1.82, 2.24) is 29.1 Å². The minimum Gasteiger partial charge on any atom is -0.394 e. The number of nitrogen functional groups attached to an aromatic ring is 1. The summed E-state index contributed by atoms with van der Waals surface area (Å²) in [6.07, 6.45) is -2.50.